The van der Waals surface area contributed by atoms with Gasteiger partial charge in [-0.2, -0.15) is 17.5 Å². The van der Waals surface area contributed by atoms with Crippen molar-refractivity contribution < 1.29 is 35.2 Å². The highest BCUT2D eigenvalue weighted by Gasteiger charge is 2.40. The number of nitrogens with zero attached hydrogens (tertiary/aromatic N) is 5. The molecule has 3 aromatic carbocycles. The maximum absolute atomic E-state index is 14.5. The SMILES string of the molecule is O=C(CCc1cc(-c2ccc(C(F)(F)F)cc2)nc(N2CCN(c3ccccc3F)CC2)n1)[C@@H]1CCCN1S(=O)(=O)c1cc(Cl)ccc1F. The second-order valence-electron chi connectivity index (χ2n) is 11.9. The number of sulfonamides is 1. The van der Waals surface area contributed by atoms with Crippen LogP contribution in [0, 0.1) is 11.6 Å². The standard InChI is InChI=1S/C34H31ClF5N5O3S/c35-24-11-13-27(37)32(20-24)49(47,48)45-15-3-6-30(45)31(46)14-12-25-21-28(22-7-9-23(10-8-22)34(38,39)40)42-33(41-25)44-18-16-43(17-19-44)29-5-2-1-4-26(29)36/h1-2,4-5,7-11,13,20-21,30H,3,6,12,14-19H2/t30-/m0/s1. The molecule has 0 aliphatic carbocycles. The lowest BCUT2D eigenvalue weighted by atomic mass is 10.0. The number of anilines is 2. The number of hydrogen-bond donors (Lipinski definition) is 0. The number of halogens is 6. The first-order valence-corrected chi connectivity index (χ1v) is 17.4. The predicted octanol–water partition coefficient (Wildman–Crippen LogP) is 6.78. The summed E-state index contributed by atoms with van der Waals surface area (Å²) in [4.78, 5) is 26.0. The summed E-state index contributed by atoms with van der Waals surface area (Å²) in [6.45, 7) is 1.82. The van der Waals surface area contributed by atoms with Crippen molar-refractivity contribution in [1.29, 1.82) is 0 Å². The van der Waals surface area contributed by atoms with Gasteiger partial charge in [-0.25, -0.2) is 27.2 Å². The molecule has 3 heterocycles. The Morgan fingerprint density at radius 3 is 2.24 bits per heavy atom. The van der Waals surface area contributed by atoms with Gasteiger partial charge in [0.1, 0.15) is 16.5 Å². The first kappa shape index (κ1) is 34.7. The largest absolute Gasteiger partial charge is 0.416 e. The van der Waals surface area contributed by atoms with Crippen molar-refractivity contribution in [3.05, 3.63) is 101 Å². The van der Waals surface area contributed by atoms with Crippen molar-refractivity contribution in [2.45, 2.75) is 42.8 Å². The molecule has 2 aliphatic rings. The van der Waals surface area contributed by atoms with E-state index in [-0.39, 0.29) is 42.4 Å². The van der Waals surface area contributed by atoms with E-state index >= 15 is 0 Å². The van der Waals surface area contributed by atoms with Gasteiger partial charge < -0.3 is 9.80 Å². The number of rotatable bonds is 9. The minimum Gasteiger partial charge on any atom is -0.366 e. The number of alkyl halides is 3. The van der Waals surface area contributed by atoms with Crippen LogP contribution < -0.4 is 9.80 Å². The molecule has 258 valence electrons. The smallest absolute Gasteiger partial charge is 0.366 e. The van der Waals surface area contributed by atoms with Crippen LogP contribution in [-0.2, 0) is 27.4 Å². The zero-order valence-corrected chi connectivity index (χ0v) is 27.6. The van der Waals surface area contributed by atoms with Crippen LogP contribution in [0.15, 0.2) is 77.7 Å². The minimum absolute atomic E-state index is 0.0408. The zero-order valence-electron chi connectivity index (χ0n) is 26.0. The summed E-state index contributed by atoms with van der Waals surface area (Å²) in [7, 11) is -4.36. The molecule has 0 unspecified atom stereocenters. The Balaban J connectivity index is 1.23. The van der Waals surface area contributed by atoms with Crippen molar-refractivity contribution in [3.63, 3.8) is 0 Å². The summed E-state index contributed by atoms with van der Waals surface area (Å²) in [5, 5.41) is 0.0408. The maximum Gasteiger partial charge on any atom is 0.416 e. The molecule has 0 spiro atoms. The van der Waals surface area contributed by atoms with Crippen molar-refractivity contribution in [2.75, 3.05) is 42.5 Å². The average molecular weight is 720 g/mol. The lowest BCUT2D eigenvalue weighted by Crippen LogP contribution is -2.47. The van der Waals surface area contributed by atoms with E-state index in [9.17, 15) is 35.2 Å². The fraction of sp³-hybridized carbons (Fsp3) is 0.324. The van der Waals surface area contributed by atoms with E-state index in [1.807, 2.05) is 9.80 Å². The molecular weight excluding hydrogens is 689 g/mol. The molecule has 15 heteroatoms. The quantitative estimate of drug-likeness (QED) is 0.177. The fourth-order valence-corrected chi connectivity index (χ4v) is 8.16. The van der Waals surface area contributed by atoms with Crippen LogP contribution in [0.25, 0.3) is 11.3 Å². The molecule has 0 saturated carbocycles. The number of aromatic nitrogens is 2. The van der Waals surface area contributed by atoms with Crippen LogP contribution in [0.4, 0.5) is 33.6 Å². The highest BCUT2D eigenvalue weighted by Crippen LogP contribution is 2.33. The Morgan fingerprint density at radius 1 is 0.857 bits per heavy atom. The molecule has 1 atom stereocenters. The third-order valence-corrected chi connectivity index (χ3v) is 10.9. The molecule has 8 nitrogen and oxygen atoms in total. The Morgan fingerprint density at radius 2 is 1.55 bits per heavy atom. The molecular formula is C34H31ClF5N5O3S. The number of ketones is 1. The molecule has 2 aliphatic heterocycles. The molecule has 0 N–H and O–H groups in total. The van der Waals surface area contributed by atoms with Gasteiger partial charge in [-0.3, -0.25) is 4.79 Å². The molecule has 2 fully saturated rings. The second-order valence-corrected chi connectivity index (χ2v) is 14.2. The number of piperazine rings is 1. The number of carbonyl (C=O) groups is 1. The van der Waals surface area contributed by atoms with Gasteiger partial charge in [-0.15, -0.1) is 0 Å². The molecule has 6 rings (SSSR count). The van der Waals surface area contributed by atoms with Gasteiger partial charge in [0.25, 0.3) is 0 Å². The molecule has 0 radical (unpaired) electrons. The van der Waals surface area contributed by atoms with Crippen LogP contribution in [0.3, 0.4) is 0 Å². The molecule has 2 saturated heterocycles. The van der Waals surface area contributed by atoms with E-state index in [1.54, 1.807) is 24.3 Å². The number of para-hydroxylation sites is 1. The van der Waals surface area contributed by atoms with Crippen LogP contribution in [0.1, 0.15) is 30.5 Å². The summed E-state index contributed by atoms with van der Waals surface area (Å²) in [5.41, 5.74) is 0.847. The topological polar surface area (TPSA) is 86.7 Å². The summed E-state index contributed by atoms with van der Waals surface area (Å²) < 4.78 is 96.5. The highest BCUT2D eigenvalue weighted by atomic mass is 35.5. The second kappa shape index (κ2) is 14.0. The van der Waals surface area contributed by atoms with Gasteiger partial charge in [0.2, 0.25) is 16.0 Å². The van der Waals surface area contributed by atoms with Crippen LogP contribution in [-0.4, -0.2) is 67.2 Å². The molecule has 49 heavy (non-hydrogen) atoms. The normalized spacial score (nSPS) is 17.5. The summed E-state index contributed by atoms with van der Waals surface area (Å²) >= 11 is 5.94. The third-order valence-electron chi connectivity index (χ3n) is 8.71. The molecule has 0 amide bonds. The van der Waals surface area contributed by atoms with Gasteiger partial charge in [0.05, 0.1) is 23.0 Å². The summed E-state index contributed by atoms with van der Waals surface area (Å²) in [6.07, 6.45) is -3.85. The van der Waals surface area contributed by atoms with Crippen molar-refractivity contribution in [2.24, 2.45) is 0 Å². The number of aryl methyl sites for hydroxylation is 1. The Labute approximate surface area is 285 Å². The lowest BCUT2D eigenvalue weighted by Gasteiger charge is -2.36. The maximum atomic E-state index is 14.5. The Kier molecular flexibility index (Phi) is 9.92. The lowest BCUT2D eigenvalue weighted by molar-refractivity contribution is -0.137. The Hall–Kier alpha value is -4.14. The van der Waals surface area contributed by atoms with Gasteiger partial charge in [-0.05, 0) is 67.8 Å². The first-order valence-electron chi connectivity index (χ1n) is 15.6. The third kappa shape index (κ3) is 7.55. The van der Waals surface area contributed by atoms with E-state index in [1.165, 1.54) is 24.3 Å². The van der Waals surface area contributed by atoms with Crippen molar-refractivity contribution in [3.8, 4) is 11.3 Å². The van der Waals surface area contributed by atoms with Crippen LogP contribution in [0.2, 0.25) is 5.02 Å². The van der Waals surface area contributed by atoms with Crippen LogP contribution in [0.5, 0.6) is 0 Å². The summed E-state index contributed by atoms with van der Waals surface area (Å²) in [5.74, 6) is -1.39. The van der Waals surface area contributed by atoms with E-state index < -0.39 is 38.5 Å². The minimum atomic E-state index is -4.51. The highest BCUT2D eigenvalue weighted by molar-refractivity contribution is 7.89. The van der Waals surface area contributed by atoms with E-state index in [0.29, 0.717) is 61.2 Å². The Bertz CT molecular complexity index is 1950. The van der Waals surface area contributed by atoms with E-state index in [4.69, 9.17) is 11.6 Å². The summed E-state index contributed by atoms with van der Waals surface area (Å²) in [6, 6.07) is 14.8. The molecule has 1 aromatic heterocycles. The molecule has 0 bridgehead atoms. The van der Waals surface area contributed by atoms with Gasteiger partial charge >= 0.3 is 6.18 Å². The van der Waals surface area contributed by atoms with Crippen molar-refractivity contribution >= 4 is 39.0 Å². The van der Waals surface area contributed by atoms with Crippen LogP contribution >= 0.6 is 11.6 Å². The van der Waals surface area contributed by atoms with Gasteiger partial charge in [-0.1, -0.05) is 35.9 Å². The van der Waals surface area contributed by atoms with Gasteiger partial charge in [0.15, 0.2) is 5.78 Å². The van der Waals surface area contributed by atoms with Gasteiger partial charge in [0, 0.05) is 55.4 Å². The first-order chi connectivity index (χ1) is 23.3. The zero-order chi connectivity index (χ0) is 34.9. The number of Topliss-reactive ketones (excluding diaryl/α,β-unsaturated/α-hetero) is 1. The van der Waals surface area contributed by atoms with E-state index in [0.717, 1.165) is 28.6 Å². The number of hydrogen-bond acceptors (Lipinski definition) is 7. The number of benzene rings is 3. The molecule has 4 aromatic rings. The fourth-order valence-electron chi connectivity index (χ4n) is 6.16. The number of carbonyl (C=O) groups excluding carboxylic acids is 1. The predicted molar refractivity (Wildman–Crippen MR) is 175 cm³/mol. The van der Waals surface area contributed by atoms with E-state index in [2.05, 4.69) is 9.97 Å². The van der Waals surface area contributed by atoms with Crippen molar-refractivity contribution in [1.82, 2.24) is 14.3 Å². The monoisotopic (exact) mass is 719 g/mol. The average Bonchev–Trinajstić information content (AvgIpc) is 3.60.